The molecule has 0 heterocycles. The van der Waals surface area contributed by atoms with Crippen LogP contribution < -0.4 is 5.32 Å². The first-order valence-electron chi connectivity index (χ1n) is 5.88. The summed E-state index contributed by atoms with van der Waals surface area (Å²) in [5.41, 5.74) is 2.97. The van der Waals surface area contributed by atoms with Crippen LogP contribution in [0.1, 0.15) is 21.5 Å². The van der Waals surface area contributed by atoms with Gasteiger partial charge in [0.05, 0.1) is 6.61 Å². The Hall–Kier alpha value is -1.65. The lowest BCUT2D eigenvalue weighted by atomic mass is 10.1. The molecule has 0 atom stereocenters. The summed E-state index contributed by atoms with van der Waals surface area (Å²) in [6, 6.07) is 12.7. The summed E-state index contributed by atoms with van der Waals surface area (Å²) in [5.74, 6) is -0.158. The first-order chi connectivity index (χ1) is 9.11. The average molecular weight is 320 g/mol. The Morgan fingerprint density at radius 2 is 2.00 bits per heavy atom. The van der Waals surface area contributed by atoms with Gasteiger partial charge in [0, 0.05) is 15.7 Å². The van der Waals surface area contributed by atoms with Crippen LogP contribution in [0.4, 0.5) is 5.69 Å². The summed E-state index contributed by atoms with van der Waals surface area (Å²) in [5, 5.41) is 11.9. The van der Waals surface area contributed by atoms with Crippen molar-refractivity contribution in [2.45, 2.75) is 13.5 Å². The largest absolute Gasteiger partial charge is 0.392 e. The maximum atomic E-state index is 12.2. The van der Waals surface area contributed by atoms with E-state index in [1.54, 1.807) is 30.3 Å². The minimum Gasteiger partial charge on any atom is -0.392 e. The monoisotopic (exact) mass is 319 g/mol. The second-order valence-electron chi connectivity index (χ2n) is 4.23. The maximum absolute atomic E-state index is 12.2. The molecule has 0 aliphatic rings. The van der Waals surface area contributed by atoms with E-state index in [0.717, 1.165) is 15.6 Å². The summed E-state index contributed by atoms with van der Waals surface area (Å²) in [4.78, 5) is 12.2. The van der Waals surface area contributed by atoms with Crippen molar-refractivity contribution in [3.63, 3.8) is 0 Å². The second kappa shape index (κ2) is 5.99. The van der Waals surface area contributed by atoms with Crippen molar-refractivity contribution in [3.8, 4) is 0 Å². The molecule has 0 unspecified atom stereocenters. The third kappa shape index (κ3) is 3.22. The van der Waals surface area contributed by atoms with Crippen LogP contribution in [0.15, 0.2) is 46.9 Å². The lowest BCUT2D eigenvalue weighted by molar-refractivity contribution is 0.102. The highest BCUT2D eigenvalue weighted by Crippen LogP contribution is 2.20. The molecule has 0 saturated carbocycles. The molecule has 0 bridgehead atoms. The molecule has 2 rings (SSSR count). The zero-order valence-electron chi connectivity index (χ0n) is 10.5. The van der Waals surface area contributed by atoms with Crippen LogP contribution in [0.5, 0.6) is 0 Å². The Kier molecular flexibility index (Phi) is 4.35. The van der Waals surface area contributed by atoms with Crippen LogP contribution in [-0.4, -0.2) is 11.0 Å². The first-order valence-corrected chi connectivity index (χ1v) is 6.67. The fourth-order valence-corrected chi connectivity index (χ4v) is 2.17. The number of hydrogen-bond donors (Lipinski definition) is 2. The molecular formula is C15H14BrNO2. The Bertz CT molecular complexity index is 611. The molecule has 0 aliphatic heterocycles. The minimum absolute atomic E-state index is 0.0420. The molecule has 2 N–H and O–H groups in total. The van der Waals surface area contributed by atoms with Gasteiger partial charge in [-0.2, -0.15) is 0 Å². The van der Waals surface area contributed by atoms with E-state index in [-0.39, 0.29) is 12.5 Å². The van der Waals surface area contributed by atoms with Gasteiger partial charge in [-0.3, -0.25) is 4.79 Å². The smallest absolute Gasteiger partial charge is 0.255 e. The quantitative estimate of drug-likeness (QED) is 0.909. The SMILES string of the molecule is Cc1c(Br)cccc1C(=O)Nc1cccc(CO)c1. The van der Waals surface area contributed by atoms with Gasteiger partial charge in [-0.05, 0) is 42.3 Å². The zero-order chi connectivity index (χ0) is 13.8. The fraction of sp³-hybridized carbons (Fsp3) is 0.133. The van der Waals surface area contributed by atoms with Crippen molar-refractivity contribution >= 4 is 27.5 Å². The van der Waals surface area contributed by atoms with E-state index in [2.05, 4.69) is 21.2 Å². The number of halogens is 1. The van der Waals surface area contributed by atoms with E-state index in [0.29, 0.717) is 11.3 Å². The summed E-state index contributed by atoms with van der Waals surface area (Å²) < 4.78 is 0.907. The van der Waals surface area contributed by atoms with Crippen LogP contribution in [-0.2, 0) is 6.61 Å². The van der Waals surface area contributed by atoms with E-state index >= 15 is 0 Å². The lowest BCUT2D eigenvalue weighted by Gasteiger charge is -2.09. The first kappa shape index (κ1) is 13.8. The number of nitrogens with one attached hydrogen (secondary N) is 1. The molecule has 0 saturated heterocycles. The predicted molar refractivity (Wildman–Crippen MR) is 79.2 cm³/mol. The van der Waals surface area contributed by atoms with Crippen LogP contribution in [0.25, 0.3) is 0 Å². The summed E-state index contributed by atoms with van der Waals surface area (Å²) >= 11 is 3.41. The Labute approximate surface area is 120 Å². The Morgan fingerprint density at radius 3 is 2.74 bits per heavy atom. The number of rotatable bonds is 3. The Balaban J connectivity index is 2.23. The zero-order valence-corrected chi connectivity index (χ0v) is 12.1. The standard InChI is InChI=1S/C15H14BrNO2/c1-10-13(6-3-7-14(10)16)15(19)17-12-5-2-4-11(8-12)9-18/h2-8,18H,9H2,1H3,(H,17,19). The van der Waals surface area contributed by atoms with Crippen LogP contribution in [0.2, 0.25) is 0 Å². The highest BCUT2D eigenvalue weighted by atomic mass is 79.9. The number of aliphatic hydroxyl groups is 1. The molecule has 0 radical (unpaired) electrons. The number of aliphatic hydroxyl groups excluding tert-OH is 1. The molecule has 0 spiro atoms. The van der Waals surface area contributed by atoms with E-state index < -0.39 is 0 Å². The number of carbonyl (C=O) groups excluding carboxylic acids is 1. The molecule has 0 aliphatic carbocycles. The van der Waals surface area contributed by atoms with Gasteiger partial charge < -0.3 is 10.4 Å². The normalized spacial score (nSPS) is 10.3. The van der Waals surface area contributed by atoms with E-state index in [4.69, 9.17) is 5.11 Å². The van der Waals surface area contributed by atoms with Crippen molar-refractivity contribution in [3.05, 3.63) is 63.6 Å². The third-order valence-corrected chi connectivity index (χ3v) is 3.74. The van der Waals surface area contributed by atoms with Gasteiger partial charge in [0.25, 0.3) is 5.91 Å². The van der Waals surface area contributed by atoms with Crippen LogP contribution in [0, 0.1) is 6.92 Å². The van der Waals surface area contributed by atoms with Crippen LogP contribution >= 0.6 is 15.9 Å². The molecule has 1 amide bonds. The average Bonchev–Trinajstić information content (AvgIpc) is 2.42. The minimum atomic E-state index is -0.158. The predicted octanol–water partition coefficient (Wildman–Crippen LogP) is 3.50. The summed E-state index contributed by atoms with van der Waals surface area (Å²) in [6.45, 7) is 1.85. The molecule has 2 aromatic rings. The fourth-order valence-electron chi connectivity index (χ4n) is 1.80. The lowest BCUT2D eigenvalue weighted by Crippen LogP contribution is -2.13. The van der Waals surface area contributed by atoms with Crippen molar-refractivity contribution in [2.24, 2.45) is 0 Å². The van der Waals surface area contributed by atoms with E-state index in [1.165, 1.54) is 0 Å². The van der Waals surface area contributed by atoms with Crippen LogP contribution in [0.3, 0.4) is 0 Å². The van der Waals surface area contributed by atoms with E-state index in [9.17, 15) is 4.79 Å². The molecule has 4 heteroatoms. The molecule has 0 fully saturated rings. The maximum Gasteiger partial charge on any atom is 0.255 e. The van der Waals surface area contributed by atoms with Gasteiger partial charge in [0.1, 0.15) is 0 Å². The van der Waals surface area contributed by atoms with Gasteiger partial charge in [-0.15, -0.1) is 0 Å². The molecule has 3 nitrogen and oxygen atoms in total. The van der Waals surface area contributed by atoms with Gasteiger partial charge in [0.15, 0.2) is 0 Å². The van der Waals surface area contributed by atoms with Crippen molar-refractivity contribution in [1.29, 1.82) is 0 Å². The second-order valence-corrected chi connectivity index (χ2v) is 5.08. The number of carbonyl (C=O) groups is 1. The van der Waals surface area contributed by atoms with Crippen molar-refractivity contribution < 1.29 is 9.90 Å². The summed E-state index contributed by atoms with van der Waals surface area (Å²) in [6.07, 6.45) is 0. The molecule has 19 heavy (non-hydrogen) atoms. The van der Waals surface area contributed by atoms with Crippen molar-refractivity contribution in [2.75, 3.05) is 5.32 Å². The molecular weight excluding hydrogens is 306 g/mol. The summed E-state index contributed by atoms with van der Waals surface area (Å²) in [7, 11) is 0. The number of hydrogen-bond acceptors (Lipinski definition) is 2. The highest BCUT2D eigenvalue weighted by molar-refractivity contribution is 9.10. The third-order valence-electron chi connectivity index (χ3n) is 2.88. The van der Waals surface area contributed by atoms with Gasteiger partial charge in [-0.1, -0.05) is 34.1 Å². The van der Waals surface area contributed by atoms with Crippen molar-refractivity contribution in [1.82, 2.24) is 0 Å². The topological polar surface area (TPSA) is 49.3 Å². The molecule has 0 aromatic heterocycles. The molecule has 98 valence electrons. The van der Waals surface area contributed by atoms with Gasteiger partial charge in [0.2, 0.25) is 0 Å². The van der Waals surface area contributed by atoms with E-state index in [1.807, 2.05) is 19.1 Å². The van der Waals surface area contributed by atoms with Gasteiger partial charge >= 0.3 is 0 Å². The Morgan fingerprint density at radius 1 is 1.26 bits per heavy atom. The number of benzene rings is 2. The number of amides is 1. The van der Waals surface area contributed by atoms with Gasteiger partial charge in [-0.25, -0.2) is 0 Å². The highest BCUT2D eigenvalue weighted by Gasteiger charge is 2.10. The number of anilines is 1. The molecule has 2 aromatic carbocycles.